The Morgan fingerprint density at radius 2 is 1.73 bits per heavy atom. The minimum atomic E-state index is -0.653. The lowest BCUT2D eigenvalue weighted by Gasteiger charge is -2.24. The Labute approximate surface area is 191 Å². The highest BCUT2D eigenvalue weighted by Crippen LogP contribution is 2.41. The zero-order chi connectivity index (χ0) is 23.3. The van der Waals surface area contributed by atoms with Crippen molar-refractivity contribution in [3.63, 3.8) is 0 Å². The van der Waals surface area contributed by atoms with Crippen molar-refractivity contribution in [1.29, 1.82) is 0 Å². The quantitative estimate of drug-likeness (QED) is 0.433. The minimum absolute atomic E-state index is 0.0675. The summed E-state index contributed by atoms with van der Waals surface area (Å²) in [6.07, 6.45) is 0. The molecule has 5 rings (SSSR count). The van der Waals surface area contributed by atoms with Crippen molar-refractivity contribution in [3.05, 3.63) is 98.5 Å². The Morgan fingerprint density at radius 3 is 2.42 bits per heavy atom. The molecule has 1 aliphatic rings. The highest BCUT2D eigenvalue weighted by atomic mass is 16.5. The van der Waals surface area contributed by atoms with Gasteiger partial charge in [0, 0.05) is 5.69 Å². The van der Waals surface area contributed by atoms with Gasteiger partial charge in [-0.1, -0.05) is 18.2 Å². The van der Waals surface area contributed by atoms with E-state index in [4.69, 9.17) is 9.15 Å². The molecule has 6 heteroatoms. The first kappa shape index (κ1) is 20.9. The van der Waals surface area contributed by atoms with Crippen molar-refractivity contribution in [3.8, 4) is 5.75 Å². The second kappa shape index (κ2) is 7.89. The number of pyridine rings is 1. The maximum Gasteiger partial charge on any atom is 0.296 e. The molecular formula is C27H24N2O4. The van der Waals surface area contributed by atoms with Crippen LogP contribution in [0.2, 0.25) is 0 Å². The summed E-state index contributed by atoms with van der Waals surface area (Å²) in [6.45, 7) is 8.25. The van der Waals surface area contributed by atoms with Crippen molar-refractivity contribution in [2.45, 2.75) is 33.7 Å². The molecule has 1 atom stereocenters. The van der Waals surface area contributed by atoms with Crippen molar-refractivity contribution < 1.29 is 13.9 Å². The summed E-state index contributed by atoms with van der Waals surface area (Å²) in [4.78, 5) is 33.5. The van der Waals surface area contributed by atoms with Gasteiger partial charge >= 0.3 is 0 Å². The highest BCUT2D eigenvalue weighted by Gasteiger charge is 2.44. The van der Waals surface area contributed by atoms with Crippen LogP contribution >= 0.6 is 0 Å². The Bertz CT molecular complexity index is 1450. The molecule has 1 aliphatic heterocycles. The number of hydrogen-bond donors (Lipinski definition) is 0. The van der Waals surface area contributed by atoms with E-state index in [1.807, 2.05) is 76.2 Å². The van der Waals surface area contributed by atoms with E-state index in [2.05, 4.69) is 4.98 Å². The van der Waals surface area contributed by atoms with Gasteiger partial charge in [-0.3, -0.25) is 14.5 Å². The van der Waals surface area contributed by atoms with Gasteiger partial charge < -0.3 is 9.15 Å². The summed E-state index contributed by atoms with van der Waals surface area (Å²) in [5, 5.41) is 0.472. The van der Waals surface area contributed by atoms with Gasteiger partial charge in [0.1, 0.15) is 17.2 Å². The summed E-state index contributed by atoms with van der Waals surface area (Å²) in [6, 6.07) is 15.9. The van der Waals surface area contributed by atoms with Gasteiger partial charge in [0.25, 0.3) is 5.91 Å². The largest absolute Gasteiger partial charge is 0.494 e. The second-order valence-electron chi connectivity index (χ2n) is 8.32. The van der Waals surface area contributed by atoms with Gasteiger partial charge in [0.05, 0.1) is 23.6 Å². The Kier molecular flexibility index (Phi) is 5.01. The predicted molar refractivity (Wildman–Crippen MR) is 127 cm³/mol. The monoisotopic (exact) mass is 440 g/mol. The maximum absolute atomic E-state index is 13.7. The number of nitrogens with zero attached hydrogens (tertiary/aromatic N) is 2. The zero-order valence-electron chi connectivity index (χ0n) is 19.0. The van der Waals surface area contributed by atoms with Crippen LogP contribution in [0, 0.1) is 20.8 Å². The molecule has 2 aromatic carbocycles. The molecule has 1 unspecified atom stereocenters. The van der Waals surface area contributed by atoms with E-state index in [0.717, 1.165) is 28.1 Å². The number of carbonyl (C=O) groups excluding carboxylic acids is 1. The van der Waals surface area contributed by atoms with E-state index >= 15 is 0 Å². The van der Waals surface area contributed by atoms with Crippen LogP contribution < -0.4 is 15.1 Å². The standard InChI is InChI=1S/C27H24N2O4/c1-5-32-19-11-9-18(10-12-19)24-23-25(30)20-13-15(2)16(3)14-21(20)33-26(23)27(31)29(24)22-8-6-7-17(4)28-22/h6-14,24H,5H2,1-4H3. The number of rotatable bonds is 4. The molecule has 1 amide bonds. The number of amides is 1. The Morgan fingerprint density at radius 1 is 1.00 bits per heavy atom. The summed E-state index contributed by atoms with van der Waals surface area (Å²) >= 11 is 0. The summed E-state index contributed by atoms with van der Waals surface area (Å²) in [5.74, 6) is 0.890. The van der Waals surface area contributed by atoms with Crippen LogP contribution in [-0.4, -0.2) is 17.5 Å². The molecule has 0 aliphatic carbocycles. The van der Waals surface area contributed by atoms with Gasteiger partial charge in [-0.2, -0.15) is 0 Å². The third kappa shape index (κ3) is 3.39. The lowest BCUT2D eigenvalue weighted by Crippen LogP contribution is -2.30. The lowest BCUT2D eigenvalue weighted by molar-refractivity contribution is 0.0970. The molecule has 0 fully saturated rings. The molecule has 2 aromatic heterocycles. The number of aryl methyl sites for hydroxylation is 3. The Hall–Kier alpha value is -3.93. The van der Waals surface area contributed by atoms with Crippen molar-refractivity contribution >= 4 is 22.7 Å². The molecule has 3 heterocycles. The van der Waals surface area contributed by atoms with E-state index in [1.54, 1.807) is 11.0 Å². The average molecular weight is 440 g/mol. The first-order valence-electron chi connectivity index (χ1n) is 11.0. The fourth-order valence-corrected chi connectivity index (χ4v) is 4.36. The van der Waals surface area contributed by atoms with Crippen molar-refractivity contribution in [1.82, 2.24) is 4.98 Å². The molecule has 0 radical (unpaired) electrons. The molecule has 4 aromatic rings. The molecule has 0 N–H and O–H groups in total. The lowest BCUT2D eigenvalue weighted by atomic mass is 9.97. The van der Waals surface area contributed by atoms with E-state index in [9.17, 15) is 9.59 Å². The summed E-state index contributed by atoms with van der Waals surface area (Å²) in [5.41, 5.74) is 4.10. The van der Waals surface area contributed by atoms with E-state index in [-0.39, 0.29) is 17.1 Å². The highest BCUT2D eigenvalue weighted by molar-refractivity contribution is 6.10. The smallest absolute Gasteiger partial charge is 0.296 e. The maximum atomic E-state index is 13.7. The van der Waals surface area contributed by atoms with Crippen LogP contribution in [0.15, 0.2) is 63.8 Å². The molecule has 0 saturated heterocycles. The SMILES string of the molecule is CCOc1ccc(C2c3c(oc4cc(C)c(C)cc4c3=O)C(=O)N2c2cccc(C)n2)cc1. The van der Waals surface area contributed by atoms with Crippen LogP contribution in [0.1, 0.15) is 51.5 Å². The van der Waals surface area contributed by atoms with E-state index in [0.29, 0.717) is 29.0 Å². The Balaban J connectivity index is 1.78. The number of fused-ring (bicyclic) bond motifs is 2. The number of ether oxygens (including phenoxy) is 1. The first-order chi connectivity index (χ1) is 15.9. The number of carbonyl (C=O) groups is 1. The number of aromatic nitrogens is 1. The molecule has 0 spiro atoms. The molecule has 166 valence electrons. The normalized spacial score (nSPS) is 15.2. The molecule has 6 nitrogen and oxygen atoms in total. The molecule has 0 bridgehead atoms. The third-order valence-electron chi connectivity index (χ3n) is 6.11. The summed E-state index contributed by atoms with van der Waals surface area (Å²) < 4.78 is 11.7. The van der Waals surface area contributed by atoms with Crippen LogP contribution in [0.4, 0.5) is 5.82 Å². The first-order valence-corrected chi connectivity index (χ1v) is 11.0. The van der Waals surface area contributed by atoms with Gasteiger partial charge in [-0.15, -0.1) is 0 Å². The average Bonchev–Trinajstić information content (AvgIpc) is 3.09. The predicted octanol–water partition coefficient (Wildman–Crippen LogP) is 5.26. The van der Waals surface area contributed by atoms with Crippen molar-refractivity contribution in [2.24, 2.45) is 0 Å². The second-order valence-corrected chi connectivity index (χ2v) is 8.32. The molecule has 0 saturated carbocycles. The van der Waals surface area contributed by atoms with Crippen LogP contribution in [0.3, 0.4) is 0 Å². The summed E-state index contributed by atoms with van der Waals surface area (Å²) in [7, 11) is 0. The molecule has 33 heavy (non-hydrogen) atoms. The fourth-order valence-electron chi connectivity index (χ4n) is 4.36. The van der Waals surface area contributed by atoms with Crippen molar-refractivity contribution in [2.75, 3.05) is 11.5 Å². The van der Waals surface area contributed by atoms with Gasteiger partial charge in [0.15, 0.2) is 5.43 Å². The van der Waals surface area contributed by atoms with E-state index < -0.39 is 6.04 Å². The number of hydrogen-bond acceptors (Lipinski definition) is 5. The zero-order valence-corrected chi connectivity index (χ0v) is 19.0. The van der Waals surface area contributed by atoms with Gasteiger partial charge in [0.2, 0.25) is 5.76 Å². The number of benzene rings is 2. The molecular weight excluding hydrogens is 416 g/mol. The van der Waals surface area contributed by atoms with E-state index in [1.165, 1.54) is 0 Å². The minimum Gasteiger partial charge on any atom is -0.494 e. The third-order valence-corrected chi connectivity index (χ3v) is 6.11. The van der Waals surface area contributed by atoms with Gasteiger partial charge in [-0.25, -0.2) is 4.98 Å². The van der Waals surface area contributed by atoms with Crippen LogP contribution in [0.5, 0.6) is 5.75 Å². The number of anilines is 1. The van der Waals surface area contributed by atoms with Crippen LogP contribution in [-0.2, 0) is 0 Å². The van der Waals surface area contributed by atoms with Crippen LogP contribution in [0.25, 0.3) is 11.0 Å². The van der Waals surface area contributed by atoms with Gasteiger partial charge in [-0.05, 0) is 80.8 Å². The topological polar surface area (TPSA) is 72.6 Å². The fraction of sp³-hybridized carbons (Fsp3) is 0.222.